The molecule has 0 aromatic heterocycles. The van der Waals surface area contributed by atoms with Gasteiger partial charge in [0.1, 0.15) is 0 Å². The Bertz CT molecular complexity index is 725. The maximum absolute atomic E-state index is 13.0. The Balaban J connectivity index is 1.36. The molecule has 1 saturated carbocycles. The summed E-state index contributed by atoms with van der Waals surface area (Å²) in [5.74, 6) is -1.62. The number of rotatable bonds is 4. The van der Waals surface area contributed by atoms with E-state index in [4.69, 9.17) is 11.6 Å². The van der Waals surface area contributed by atoms with Gasteiger partial charge >= 0.3 is 5.97 Å². The van der Waals surface area contributed by atoms with Gasteiger partial charge in [0, 0.05) is 37.7 Å². The summed E-state index contributed by atoms with van der Waals surface area (Å²) in [6, 6.07) is 7.84. The van der Waals surface area contributed by atoms with Gasteiger partial charge in [-0.25, -0.2) is 0 Å². The van der Waals surface area contributed by atoms with Gasteiger partial charge in [0.05, 0.1) is 11.8 Å². The molecule has 1 aliphatic heterocycles. The highest BCUT2D eigenvalue weighted by molar-refractivity contribution is 6.30. The Hall–Kier alpha value is -1.85. The first-order valence-corrected chi connectivity index (χ1v) is 9.57. The van der Waals surface area contributed by atoms with Gasteiger partial charge in [-0.15, -0.1) is 0 Å². The number of carbonyl (C=O) groups is 2. The zero-order chi connectivity index (χ0) is 18.3. The molecule has 2 fully saturated rings. The fourth-order valence-corrected chi connectivity index (χ4v) is 4.81. The first kappa shape index (κ1) is 17.6. The predicted octanol–water partition coefficient (Wildman–Crippen LogP) is 2.51. The Morgan fingerprint density at radius 2 is 1.62 bits per heavy atom. The highest BCUT2D eigenvalue weighted by atomic mass is 35.5. The van der Waals surface area contributed by atoms with Gasteiger partial charge in [0.25, 0.3) is 0 Å². The SMILES string of the molecule is O=C(O)[C@@H]1[C@@H](C(=O)N2CCN(Cc3ccc(Cl)cc3)CC2)[C@H]2C=C[C@@H]1C2. The summed E-state index contributed by atoms with van der Waals surface area (Å²) >= 11 is 5.93. The van der Waals surface area contributed by atoms with Crippen LogP contribution in [0.5, 0.6) is 0 Å². The smallest absolute Gasteiger partial charge is 0.307 e. The molecule has 6 heteroatoms. The van der Waals surface area contributed by atoms with Crippen LogP contribution < -0.4 is 0 Å². The third kappa shape index (κ3) is 3.26. The minimum absolute atomic E-state index is 0.0256. The van der Waals surface area contributed by atoms with Crippen LogP contribution in [-0.4, -0.2) is 53.0 Å². The van der Waals surface area contributed by atoms with Gasteiger partial charge in [-0.1, -0.05) is 35.9 Å². The number of hydrogen-bond donors (Lipinski definition) is 1. The van der Waals surface area contributed by atoms with Crippen LogP contribution in [0, 0.1) is 23.7 Å². The number of benzene rings is 1. The van der Waals surface area contributed by atoms with Crippen molar-refractivity contribution in [1.29, 1.82) is 0 Å². The standard InChI is InChI=1S/C20H23ClN2O3/c21-16-5-1-13(2-6-16)12-22-7-9-23(10-8-22)19(24)17-14-3-4-15(11-14)18(17)20(25)26/h1-6,14-15,17-18H,7-12H2,(H,25,26)/t14-,15+,17-,18-/m0/s1. The van der Waals surface area contributed by atoms with Gasteiger partial charge in [0.2, 0.25) is 5.91 Å². The molecule has 3 aliphatic rings. The van der Waals surface area contributed by atoms with Gasteiger partial charge in [-0.05, 0) is 36.0 Å². The molecule has 1 amide bonds. The van der Waals surface area contributed by atoms with Crippen LogP contribution in [-0.2, 0) is 16.1 Å². The summed E-state index contributed by atoms with van der Waals surface area (Å²) in [6.07, 6.45) is 4.84. The quantitative estimate of drug-likeness (QED) is 0.822. The second-order valence-electron chi connectivity index (χ2n) is 7.57. The van der Waals surface area contributed by atoms with Crippen LogP contribution >= 0.6 is 11.6 Å². The number of allylic oxidation sites excluding steroid dienone is 2. The normalized spacial score (nSPS) is 30.7. The molecule has 0 spiro atoms. The van der Waals surface area contributed by atoms with Crippen LogP contribution in [0.1, 0.15) is 12.0 Å². The Morgan fingerprint density at radius 3 is 2.23 bits per heavy atom. The molecule has 0 unspecified atom stereocenters. The Labute approximate surface area is 158 Å². The molecule has 1 aromatic rings. The molecule has 2 aliphatic carbocycles. The molecule has 1 N–H and O–H groups in total. The lowest BCUT2D eigenvalue weighted by atomic mass is 9.82. The van der Waals surface area contributed by atoms with Crippen molar-refractivity contribution >= 4 is 23.5 Å². The first-order valence-electron chi connectivity index (χ1n) is 9.19. The zero-order valence-electron chi connectivity index (χ0n) is 14.6. The fraction of sp³-hybridized carbons (Fsp3) is 0.500. The van der Waals surface area contributed by atoms with Gasteiger partial charge in [-0.2, -0.15) is 0 Å². The van der Waals surface area contributed by atoms with E-state index < -0.39 is 11.9 Å². The third-order valence-corrected chi connectivity index (χ3v) is 6.28. The molecule has 1 aromatic carbocycles. The zero-order valence-corrected chi connectivity index (χ0v) is 15.3. The molecule has 0 radical (unpaired) electrons. The van der Waals surface area contributed by atoms with Crippen molar-refractivity contribution in [3.05, 3.63) is 47.0 Å². The predicted molar refractivity (Wildman–Crippen MR) is 98.7 cm³/mol. The van der Waals surface area contributed by atoms with Crippen LogP contribution in [0.2, 0.25) is 5.02 Å². The summed E-state index contributed by atoms with van der Waals surface area (Å²) in [5.41, 5.74) is 1.21. The Kier molecular flexibility index (Phi) is 4.76. The topological polar surface area (TPSA) is 60.9 Å². The molecule has 26 heavy (non-hydrogen) atoms. The molecular weight excluding hydrogens is 352 g/mol. The van der Waals surface area contributed by atoms with Crippen LogP contribution in [0.4, 0.5) is 0 Å². The van der Waals surface area contributed by atoms with E-state index in [1.165, 1.54) is 5.56 Å². The number of halogens is 1. The monoisotopic (exact) mass is 374 g/mol. The van der Waals surface area contributed by atoms with Crippen molar-refractivity contribution in [1.82, 2.24) is 9.80 Å². The molecular formula is C20H23ClN2O3. The second kappa shape index (κ2) is 7.05. The highest BCUT2D eigenvalue weighted by Gasteiger charge is 2.52. The summed E-state index contributed by atoms with van der Waals surface area (Å²) < 4.78 is 0. The van der Waals surface area contributed by atoms with E-state index >= 15 is 0 Å². The van der Waals surface area contributed by atoms with Gasteiger partial charge < -0.3 is 10.0 Å². The van der Waals surface area contributed by atoms with E-state index in [-0.39, 0.29) is 23.7 Å². The minimum Gasteiger partial charge on any atom is -0.481 e. The second-order valence-corrected chi connectivity index (χ2v) is 8.00. The molecule has 1 saturated heterocycles. The largest absolute Gasteiger partial charge is 0.481 e. The number of amides is 1. The summed E-state index contributed by atoms with van der Waals surface area (Å²) in [4.78, 5) is 28.8. The lowest BCUT2D eigenvalue weighted by molar-refractivity contribution is -0.151. The molecule has 2 bridgehead atoms. The number of aliphatic carboxylic acids is 1. The summed E-state index contributed by atoms with van der Waals surface area (Å²) in [7, 11) is 0. The highest BCUT2D eigenvalue weighted by Crippen LogP contribution is 2.48. The molecule has 5 nitrogen and oxygen atoms in total. The molecule has 4 atom stereocenters. The van der Waals surface area contributed by atoms with Crippen molar-refractivity contribution in [3.8, 4) is 0 Å². The lowest BCUT2D eigenvalue weighted by Crippen LogP contribution is -2.52. The number of fused-ring (bicyclic) bond motifs is 2. The van der Waals surface area contributed by atoms with E-state index in [1.807, 2.05) is 41.3 Å². The number of carbonyl (C=O) groups excluding carboxylic acids is 1. The lowest BCUT2D eigenvalue weighted by Gasteiger charge is -2.37. The number of hydrogen-bond acceptors (Lipinski definition) is 3. The average Bonchev–Trinajstić information content (AvgIpc) is 3.25. The van der Waals surface area contributed by atoms with Gasteiger partial charge in [-0.3, -0.25) is 14.5 Å². The molecule has 138 valence electrons. The minimum atomic E-state index is -0.832. The van der Waals surface area contributed by atoms with Crippen LogP contribution in [0.3, 0.4) is 0 Å². The van der Waals surface area contributed by atoms with E-state index in [0.717, 1.165) is 31.1 Å². The van der Waals surface area contributed by atoms with E-state index in [1.54, 1.807) is 0 Å². The number of piperazine rings is 1. The van der Waals surface area contributed by atoms with Crippen molar-refractivity contribution in [2.75, 3.05) is 26.2 Å². The average molecular weight is 375 g/mol. The summed E-state index contributed by atoms with van der Waals surface area (Å²) in [6.45, 7) is 3.78. The maximum Gasteiger partial charge on any atom is 0.307 e. The van der Waals surface area contributed by atoms with E-state index in [9.17, 15) is 14.7 Å². The van der Waals surface area contributed by atoms with E-state index in [2.05, 4.69) is 4.90 Å². The first-order chi connectivity index (χ1) is 12.5. The Morgan fingerprint density at radius 1 is 1.00 bits per heavy atom. The van der Waals surface area contributed by atoms with E-state index in [0.29, 0.717) is 13.1 Å². The number of carboxylic acid groups (broad SMARTS) is 1. The molecule has 4 rings (SSSR count). The van der Waals surface area contributed by atoms with Crippen molar-refractivity contribution < 1.29 is 14.7 Å². The van der Waals surface area contributed by atoms with Crippen molar-refractivity contribution in [2.45, 2.75) is 13.0 Å². The van der Waals surface area contributed by atoms with Crippen molar-refractivity contribution in [2.24, 2.45) is 23.7 Å². The third-order valence-electron chi connectivity index (χ3n) is 6.03. The number of nitrogens with zero attached hydrogens (tertiary/aromatic N) is 2. The molecule has 1 heterocycles. The summed E-state index contributed by atoms with van der Waals surface area (Å²) in [5, 5.41) is 10.3. The van der Waals surface area contributed by atoms with Crippen LogP contribution in [0.15, 0.2) is 36.4 Å². The number of carboxylic acids is 1. The fourth-order valence-electron chi connectivity index (χ4n) is 4.68. The van der Waals surface area contributed by atoms with Gasteiger partial charge in [0.15, 0.2) is 0 Å². The van der Waals surface area contributed by atoms with Crippen LogP contribution in [0.25, 0.3) is 0 Å². The van der Waals surface area contributed by atoms with Crippen molar-refractivity contribution in [3.63, 3.8) is 0 Å². The maximum atomic E-state index is 13.0.